The fourth-order valence-electron chi connectivity index (χ4n) is 2.36. The molecule has 19 heavy (non-hydrogen) atoms. The van der Waals surface area contributed by atoms with Gasteiger partial charge in [0.25, 0.3) is 5.91 Å². The Morgan fingerprint density at radius 2 is 2.26 bits per heavy atom. The number of nitrogens with one attached hydrogen (secondary N) is 2. The highest BCUT2D eigenvalue weighted by atomic mass is 19.1. The maximum Gasteiger partial charge on any atom is 0.254 e. The number of hydrogen-bond acceptors (Lipinski definition) is 2. The van der Waals surface area contributed by atoms with E-state index in [-0.39, 0.29) is 5.56 Å². The number of carbonyl (C=O) groups is 1. The van der Waals surface area contributed by atoms with Crippen LogP contribution in [0.5, 0.6) is 0 Å². The summed E-state index contributed by atoms with van der Waals surface area (Å²) in [6, 6.07) is 2.90. The molecule has 5 heteroatoms. The second kappa shape index (κ2) is 6.10. The number of hydrogen-bond donors (Lipinski definition) is 2. The van der Waals surface area contributed by atoms with E-state index in [0.717, 1.165) is 37.7 Å². The quantitative estimate of drug-likeness (QED) is 0.879. The number of amides is 1. The molecular weight excluding hydrogens is 250 g/mol. The molecule has 0 bridgehead atoms. The van der Waals surface area contributed by atoms with Gasteiger partial charge in [-0.2, -0.15) is 0 Å². The molecule has 1 amide bonds. The van der Waals surface area contributed by atoms with Crippen molar-refractivity contribution in [3.63, 3.8) is 0 Å². The van der Waals surface area contributed by atoms with E-state index >= 15 is 0 Å². The van der Waals surface area contributed by atoms with Gasteiger partial charge in [-0.05, 0) is 49.5 Å². The monoisotopic (exact) mass is 268 g/mol. The van der Waals surface area contributed by atoms with E-state index in [9.17, 15) is 13.6 Å². The van der Waals surface area contributed by atoms with E-state index in [1.165, 1.54) is 0 Å². The van der Waals surface area contributed by atoms with Crippen LogP contribution in [0.15, 0.2) is 18.2 Å². The SMILES string of the molecule is CC1CNCCC1CNC(=O)c1cc(F)ccc1F. The van der Waals surface area contributed by atoms with Crippen molar-refractivity contribution in [3.05, 3.63) is 35.4 Å². The van der Waals surface area contributed by atoms with Crippen molar-refractivity contribution in [1.29, 1.82) is 0 Å². The van der Waals surface area contributed by atoms with E-state index in [2.05, 4.69) is 17.6 Å². The molecule has 1 heterocycles. The molecule has 2 unspecified atom stereocenters. The molecule has 3 nitrogen and oxygen atoms in total. The minimum absolute atomic E-state index is 0.235. The van der Waals surface area contributed by atoms with Crippen molar-refractivity contribution in [2.75, 3.05) is 19.6 Å². The molecule has 1 saturated heterocycles. The molecule has 104 valence electrons. The van der Waals surface area contributed by atoms with Gasteiger partial charge >= 0.3 is 0 Å². The first-order valence-electron chi connectivity index (χ1n) is 6.52. The summed E-state index contributed by atoms with van der Waals surface area (Å²) < 4.78 is 26.4. The minimum Gasteiger partial charge on any atom is -0.352 e. The number of halogens is 2. The molecule has 0 aromatic heterocycles. The van der Waals surface area contributed by atoms with Gasteiger partial charge in [-0.15, -0.1) is 0 Å². The highest BCUT2D eigenvalue weighted by Gasteiger charge is 2.22. The van der Waals surface area contributed by atoms with E-state index < -0.39 is 17.5 Å². The van der Waals surface area contributed by atoms with E-state index in [4.69, 9.17) is 0 Å². The fraction of sp³-hybridized carbons (Fsp3) is 0.500. The summed E-state index contributed by atoms with van der Waals surface area (Å²) in [6.07, 6.45) is 0.979. The molecule has 2 N–H and O–H groups in total. The summed E-state index contributed by atoms with van der Waals surface area (Å²) in [5.74, 6) is -1.02. The van der Waals surface area contributed by atoms with Crippen molar-refractivity contribution in [3.8, 4) is 0 Å². The predicted molar refractivity (Wildman–Crippen MR) is 68.8 cm³/mol. The lowest BCUT2D eigenvalue weighted by Gasteiger charge is -2.29. The molecular formula is C14H18F2N2O. The lowest BCUT2D eigenvalue weighted by molar-refractivity contribution is 0.0933. The summed E-state index contributed by atoms with van der Waals surface area (Å²) in [4.78, 5) is 11.8. The van der Waals surface area contributed by atoms with Crippen LogP contribution in [0, 0.1) is 23.5 Å². The topological polar surface area (TPSA) is 41.1 Å². The van der Waals surface area contributed by atoms with Crippen molar-refractivity contribution in [2.45, 2.75) is 13.3 Å². The van der Waals surface area contributed by atoms with Crippen molar-refractivity contribution < 1.29 is 13.6 Å². The van der Waals surface area contributed by atoms with Gasteiger partial charge in [0, 0.05) is 6.54 Å². The third kappa shape index (κ3) is 3.50. The van der Waals surface area contributed by atoms with Crippen LogP contribution < -0.4 is 10.6 Å². The summed E-state index contributed by atoms with van der Waals surface area (Å²) in [5.41, 5.74) is -0.235. The number of benzene rings is 1. The lowest BCUT2D eigenvalue weighted by atomic mass is 9.88. The minimum atomic E-state index is -0.697. The van der Waals surface area contributed by atoms with E-state index in [0.29, 0.717) is 18.4 Å². The lowest BCUT2D eigenvalue weighted by Crippen LogP contribution is -2.41. The first kappa shape index (κ1) is 13.9. The summed E-state index contributed by atoms with van der Waals surface area (Å²) in [7, 11) is 0. The van der Waals surface area contributed by atoms with Gasteiger partial charge in [-0.1, -0.05) is 6.92 Å². The first-order valence-corrected chi connectivity index (χ1v) is 6.52. The molecule has 2 rings (SSSR count). The molecule has 1 aromatic carbocycles. The second-order valence-corrected chi connectivity index (χ2v) is 5.06. The fourth-order valence-corrected chi connectivity index (χ4v) is 2.36. The van der Waals surface area contributed by atoms with Gasteiger partial charge in [0.15, 0.2) is 0 Å². The maximum atomic E-state index is 13.4. The Kier molecular flexibility index (Phi) is 4.47. The smallest absolute Gasteiger partial charge is 0.254 e. The molecule has 1 aliphatic heterocycles. The summed E-state index contributed by atoms with van der Waals surface area (Å²) in [5, 5.41) is 5.97. The third-order valence-corrected chi connectivity index (χ3v) is 3.66. The molecule has 0 aliphatic carbocycles. The molecule has 0 radical (unpaired) electrons. The van der Waals surface area contributed by atoms with Crippen LogP contribution in [0.1, 0.15) is 23.7 Å². The number of piperidine rings is 1. The number of carbonyl (C=O) groups excluding carboxylic acids is 1. The molecule has 1 aromatic rings. The van der Waals surface area contributed by atoms with Gasteiger partial charge < -0.3 is 10.6 Å². The zero-order chi connectivity index (χ0) is 13.8. The van der Waals surface area contributed by atoms with Crippen LogP contribution >= 0.6 is 0 Å². The van der Waals surface area contributed by atoms with Crippen molar-refractivity contribution >= 4 is 5.91 Å². The number of rotatable bonds is 3. The predicted octanol–water partition coefficient (Wildman–Crippen LogP) is 1.94. The highest BCUT2D eigenvalue weighted by Crippen LogP contribution is 2.18. The Morgan fingerprint density at radius 3 is 3.00 bits per heavy atom. The second-order valence-electron chi connectivity index (χ2n) is 5.06. The van der Waals surface area contributed by atoms with Crippen LogP contribution in [0.4, 0.5) is 8.78 Å². The Hall–Kier alpha value is -1.49. The Bertz CT molecular complexity index is 465. The molecule has 1 aliphatic rings. The Morgan fingerprint density at radius 1 is 1.47 bits per heavy atom. The molecule has 0 saturated carbocycles. The summed E-state index contributed by atoms with van der Waals surface area (Å²) in [6.45, 7) is 4.47. The van der Waals surface area contributed by atoms with Crippen molar-refractivity contribution in [2.24, 2.45) is 11.8 Å². The molecule has 1 fully saturated rings. The Labute approximate surface area is 111 Å². The maximum absolute atomic E-state index is 13.4. The normalized spacial score (nSPS) is 23.1. The van der Waals surface area contributed by atoms with Gasteiger partial charge in [0.05, 0.1) is 5.56 Å². The zero-order valence-corrected chi connectivity index (χ0v) is 10.9. The largest absolute Gasteiger partial charge is 0.352 e. The van der Waals surface area contributed by atoms with Crippen molar-refractivity contribution in [1.82, 2.24) is 10.6 Å². The average molecular weight is 268 g/mol. The van der Waals surface area contributed by atoms with Crippen LogP contribution in [-0.2, 0) is 0 Å². The standard InChI is InChI=1S/C14H18F2N2O/c1-9-7-17-5-4-10(9)8-18-14(19)12-6-11(15)2-3-13(12)16/h2-3,6,9-10,17H,4-5,7-8H2,1H3,(H,18,19). The Balaban J connectivity index is 1.95. The third-order valence-electron chi connectivity index (χ3n) is 3.66. The molecule has 0 spiro atoms. The van der Waals surface area contributed by atoms with Crippen LogP contribution in [0.25, 0.3) is 0 Å². The van der Waals surface area contributed by atoms with E-state index in [1.54, 1.807) is 0 Å². The summed E-state index contributed by atoms with van der Waals surface area (Å²) >= 11 is 0. The van der Waals surface area contributed by atoms with Crippen LogP contribution in [-0.4, -0.2) is 25.5 Å². The van der Waals surface area contributed by atoms with Crippen LogP contribution in [0.2, 0.25) is 0 Å². The van der Waals surface area contributed by atoms with E-state index in [1.807, 2.05) is 0 Å². The zero-order valence-electron chi connectivity index (χ0n) is 10.9. The first-order chi connectivity index (χ1) is 9.08. The highest BCUT2D eigenvalue weighted by molar-refractivity contribution is 5.94. The van der Waals surface area contributed by atoms with Gasteiger partial charge in [0.1, 0.15) is 11.6 Å². The van der Waals surface area contributed by atoms with Crippen LogP contribution in [0.3, 0.4) is 0 Å². The van der Waals surface area contributed by atoms with Gasteiger partial charge in [0.2, 0.25) is 0 Å². The van der Waals surface area contributed by atoms with Gasteiger partial charge in [-0.25, -0.2) is 8.78 Å². The molecule has 2 atom stereocenters. The van der Waals surface area contributed by atoms with Gasteiger partial charge in [-0.3, -0.25) is 4.79 Å². The average Bonchev–Trinajstić information content (AvgIpc) is 2.40.